The van der Waals surface area contributed by atoms with Crippen LogP contribution in [0.15, 0.2) is 12.1 Å². The second-order valence-electron chi connectivity index (χ2n) is 3.18. The summed E-state index contributed by atoms with van der Waals surface area (Å²) in [4.78, 5) is 0. The number of hydrogen-bond acceptors (Lipinski definition) is 1. The number of rotatable bonds is 2. The van der Waals surface area contributed by atoms with Gasteiger partial charge in [-0.05, 0) is 25.5 Å². The maximum atomic E-state index is 9.79. The zero-order valence-electron chi connectivity index (χ0n) is 8.64. The summed E-state index contributed by atoms with van der Waals surface area (Å²) in [6.07, 6.45) is 0.811. The average molecular weight is 243 g/mol. The molecule has 0 bridgehead atoms. The first kappa shape index (κ1) is 12.2. The molecule has 1 rings (SSSR count). The zero-order chi connectivity index (χ0) is 11.4. The van der Waals surface area contributed by atoms with Crippen LogP contribution >= 0.6 is 23.2 Å². The molecule has 0 aliphatic carbocycles. The Bertz CT molecular complexity index is 416. The molecule has 3 heteroatoms. The summed E-state index contributed by atoms with van der Waals surface area (Å²) in [7, 11) is 0. The molecule has 0 aliphatic rings. The van der Waals surface area contributed by atoms with Gasteiger partial charge in [0.15, 0.2) is 0 Å². The van der Waals surface area contributed by atoms with Gasteiger partial charge in [-0.3, -0.25) is 0 Å². The highest BCUT2D eigenvalue weighted by Crippen LogP contribution is 2.36. The molecule has 15 heavy (non-hydrogen) atoms. The van der Waals surface area contributed by atoms with Crippen molar-refractivity contribution < 1.29 is 5.11 Å². The first-order valence-corrected chi connectivity index (χ1v) is 5.45. The number of halogens is 2. The van der Waals surface area contributed by atoms with Crippen molar-refractivity contribution in [1.29, 1.82) is 0 Å². The van der Waals surface area contributed by atoms with Crippen LogP contribution in [0.3, 0.4) is 0 Å². The van der Waals surface area contributed by atoms with Crippen molar-refractivity contribution in [1.82, 2.24) is 0 Å². The molecule has 1 aromatic carbocycles. The molecule has 80 valence electrons. The molecule has 1 atom stereocenters. The van der Waals surface area contributed by atoms with Gasteiger partial charge in [-0.2, -0.15) is 0 Å². The third kappa shape index (κ3) is 2.81. The molecular weight excluding hydrogens is 231 g/mol. The molecule has 1 aromatic rings. The standard InChI is InChI=1S/C12H12Cl2O/c1-3-5-8(4-2)10-6-9(13)7-11(14)12(10)15/h6-8,15H,4H2,1-2H3. The van der Waals surface area contributed by atoms with E-state index in [9.17, 15) is 5.11 Å². The Morgan fingerprint density at radius 2 is 2.07 bits per heavy atom. The molecule has 0 saturated carbocycles. The Balaban J connectivity index is 3.26. The average Bonchev–Trinajstić information content (AvgIpc) is 2.20. The van der Waals surface area contributed by atoms with Crippen molar-refractivity contribution in [3.05, 3.63) is 27.7 Å². The second kappa shape index (κ2) is 5.30. The maximum absolute atomic E-state index is 9.79. The second-order valence-corrected chi connectivity index (χ2v) is 4.02. The van der Waals surface area contributed by atoms with Crippen LogP contribution < -0.4 is 0 Å². The van der Waals surface area contributed by atoms with Crippen LogP contribution in [-0.2, 0) is 0 Å². The van der Waals surface area contributed by atoms with Crippen LogP contribution in [0, 0.1) is 11.8 Å². The van der Waals surface area contributed by atoms with E-state index < -0.39 is 0 Å². The highest BCUT2D eigenvalue weighted by molar-refractivity contribution is 6.35. The smallest absolute Gasteiger partial charge is 0.138 e. The van der Waals surface area contributed by atoms with Crippen LogP contribution in [0.5, 0.6) is 5.75 Å². The molecule has 0 amide bonds. The van der Waals surface area contributed by atoms with E-state index in [0.29, 0.717) is 10.6 Å². The van der Waals surface area contributed by atoms with Gasteiger partial charge in [0.1, 0.15) is 5.75 Å². The van der Waals surface area contributed by atoms with Crippen molar-refractivity contribution in [2.75, 3.05) is 0 Å². The largest absolute Gasteiger partial charge is 0.506 e. The number of aromatic hydroxyl groups is 1. The highest BCUT2D eigenvalue weighted by Gasteiger charge is 2.14. The Hall–Kier alpha value is -0.840. The van der Waals surface area contributed by atoms with Crippen molar-refractivity contribution in [3.8, 4) is 17.6 Å². The number of phenols is 1. The predicted octanol–water partition coefficient (Wildman–Crippen LogP) is 4.22. The Morgan fingerprint density at radius 1 is 1.40 bits per heavy atom. The van der Waals surface area contributed by atoms with E-state index in [4.69, 9.17) is 23.2 Å². The molecule has 0 aromatic heterocycles. The van der Waals surface area contributed by atoms with E-state index in [-0.39, 0.29) is 16.7 Å². The molecular formula is C12H12Cl2O. The quantitative estimate of drug-likeness (QED) is 0.771. The van der Waals surface area contributed by atoms with Gasteiger partial charge >= 0.3 is 0 Å². The van der Waals surface area contributed by atoms with Gasteiger partial charge in [-0.25, -0.2) is 0 Å². The topological polar surface area (TPSA) is 20.2 Å². The van der Waals surface area contributed by atoms with E-state index in [2.05, 4.69) is 11.8 Å². The maximum Gasteiger partial charge on any atom is 0.138 e. The number of phenolic OH excluding ortho intramolecular Hbond substituents is 1. The lowest BCUT2D eigenvalue weighted by Crippen LogP contribution is -1.95. The molecule has 0 saturated heterocycles. The Morgan fingerprint density at radius 3 is 2.60 bits per heavy atom. The lowest BCUT2D eigenvalue weighted by molar-refractivity contribution is 0.465. The van der Waals surface area contributed by atoms with Crippen molar-refractivity contribution >= 4 is 23.2 Å². The van der Waals surface area contributed by atoms with Crippen molar-refractivity contribution in [2.24, 2.45) is 0 Å². The molecule has 0 spiro atoms. The van der Waals surface area contributed by atoms with E-state index in [1.54, 1.807) is 13.0 Å². The number of hydrogen-bond donors (Lipinski definition) is 1. The highest BCUT2D eigenvalue weighted by atomic mass is 35.5. The Labute approximate surface area is 100 Å². The SMILES string of the molecule is CC#CC(CC)c1cc(Cl)cc(Cl)c1O. The van der Waals surface area contributed by atoms with Crippen LogP contribution in [0.25, 0.3) is 0 Å². The fourth-order valence-electron chi connectivity index (χ4n) is 1.43. The zero-order valence-corrected chi connectivity index (χ0v) is 10.2. The minimum absolute atomic E-state index is 0.0220. The molecule has 0 aliphatic heterocycles. The molecule has 1 unspecified atom stereocenters. The van der Waals surface area contributed by atoms with E-state index in [1.165, 1.54) is 6.07 Å². The third-order valence-corrected chi connectivity index (χ3v) is 2.67. The lowest BCUT2D eigenvalue weighted by Gasteiger charge is -2.12. The van der Waals surface area contributed by atoms with Crippen LogP contribution in [0.2, 0.25) is 10.0 Å². The van der Waals surface area contributed by atoms with Crippen molar-refractivity contribution in [3.63, 3.8) is 0 Å². The van der Waals surface area contributed by atoms with E-state index in [1.807, 2.05) is 6.92 Å². The van der Waals surface area contributed by atoms with Crippen LogP contribution in [-0.4, -0.2) is 5.11 Å². The van der Waals surface area contributed by atoms with Gasteiger partial charge in [-0.1, -0.05) is 36.0 Å². The van der Waals surface area contributed by atoms with Gasteiger partial charge in [0.05, 0.1) is 5.02 Å². The van der Waals surface area contributed by atoms with Gasteiger partial charge in [0.25, 0.3) is 0 Å². The molecule has 1 N–H and O–H groups in total. The molecule has 0 heterocycles. The van der Waals surface area contributed by atoms with Crippen LogP contribution in [0.4, 0.5) is 0 Å². The summed E-state index contributed by atoms with van der Waals surface area (Å²) in [5.41, 5.74) is 0.698. The van der Waals surface area contributed by atoms with Crippen LogP contribution in [0.1, 0.15) is 31.7 Å². The summed E-state index contributed by atoms with van der Waals surface area (Å²) in [6.45, 7) is 3.77. The fraction of sp³-hybridized carbons (Fsp3) is 0.333. The normalized spacial score (nSPS) is 11.7. The van der Waals surface area contributed by atoms with E-state index >= 15 is 0 Å². The first-order valence-electron chi connectivity index (χ1n) is 4.70. The summed E-state index contributed by atoms with van der Waals surface area (Å²) in [5, 5.41) is 10.6. The molecule has 0 fully saturated rings. The van der Waals surface area contributed by atoms with Gasteiger partial charge in [-0.15, -0.1) is 5.92 Å². The minimum Gasteiger partial charge on any atom is -0.506 e. The third-order valence-electron chi connectivity index (χ3n) is 2.16. The predicted molar refractivity (Wildman–Crippen MR) is 64.6 cm³/mol. The van der Waals surface area contributed by atoms with Gasteiger partial charge in [0, 0.05) is 16.5 Å². The van der Waals surface area contributed by atoms with Crippen molar-refractivity contribution in [2.45, 2.75) is 26.2 Å². The summed E-state index contributed by atoms with van der Waals surface area (Å²) in [5.74, 6) is 5.91. The fourth-order valence-corrected chi connectivity index (χ4v) is 1.93. The van der Waals surface area contributed by atoms with E-state index in [0.717, 1.165) is 6.42 Å². The Kier molecular flexibility index (Phi) is 4.32. The first-order chi connectivity index (χ1) is 7.10. The number of benzene rings is 1. The van der Waals surface area contributed by atoms with Gasteiger partial charge in [0.2, 0.25) is 0 Å². The lowest BCUT2D eigenvalue weighted by atomic mass is 9.96. The minimum atomic E-state index is -0.0220. The molecule has 1 nitrogen and oxygen atoms in total. The summed E-state index contributed by atoms with van der Waals surface area (Å²) < 4.78 is 0. The summed E-state index contributed by atoms with van der Waals surface area (Å²) >= 11 is 11.7. The summed E-state index contributed by atoms with van der Waals surface area (Å²) in [6, 6.07) is 3.23. The molecule has 0 radical (unpaired) electrons. The van der Waals surface area contributed by atoms with Gasteiger partial charge < -0.3 is 5.11 Å². The monoisotopic (exact) mass is 242 g/mol.